The summed E-state index contributed by atoms with van der Waals surface area (Å²) in [6, 6.07) is 7.29. The first-order valence-electron chi connectivity index (χ1n) is 9.78. The number of nitrogens with zero attached hydrogens (tertiary/aromatic N) is 2. The van der Waals surface area contributed by atoms with Gasteiger partial charge in [0.15, 0.2) is 5.75 Å². The number of thiazole rings is 1. The molecule has 2 aromatic heterocycles. The Balaban J connectivity index is 1.69. The topological polar surface area (TPSA) is 108 Å². The Morgan fingerprint density at radius 3 is 2.79 bits per heavy atom. The van der Waals surface area contributed by atoms with Gasteiger partial charge < -0.3 is 14.7 Å². The molecule has 0 bridgehead atoms. The lowest BCUT2D eigenvalue weighted by Gasteiger charge is -2.17. The maximum Gasteiger partial charge on any atom is 0.370 e. The minimum atomic E-state index is -4.02. The summed E-state index contributed by atoms with van der Waals surface area (Å²) in [5.74, 6) is -0.158. The van der Waals surface area contributed by atoms with Crippen LogP contribution < -0.4 is 14.2 Å². The summed E-state index contributed by atoms with van der Waals surface area (Å²) in [5, 5.41) is 10.7. The predicted molar refractivity (Wildman–Crippen MR) is 132 cm³/mol. The molecule has 3 heterocycles. The largest absolute Gasteiger partial charge is 0.477 e. The molecule has 0 saturated heterocycles. The van der Waals surface area contributed by atoms with Crippen molar-refractivity contribution in [1.82, 2.24) is 0 Å². The van der Waals surface area contributed by atoms with Gasteiger partial charge in [-0.25, -0.2) is 4.79 Å². The smallest absolute Gasteiger partial charge is 0.370 e. The number of halogens is 1. The highest BCUT2D eigenvalue weighted by Crippen LogP contribution is 2.42. The van der Waals surface area contributed by atoms with Crippen molar-refractivity contribution >= 4 is 83.4 Å². The van der Waals surface area contributed by atoms with E-state index >= 15 is 0 Å². The number of hydrogen-bond donors (Lipinski definition) is 2. The summed E-state index contributed by atoms with van der Waals surface area (Å²) in [6.07, 6.45) is 4.55. The number of rotatable bonds is 9. The number of anilines is 1. The number of unbranched alkanes of at least 4 members (excludes halogenated alkanes) is 1. The first-order valence-corrected chi connectivity index (χ1v) is 14.6. The molecule has 176 valence electrons. The fourth-order valence-corrected chi connectivity index (χ4v) is 7.26. The summed E-state index contributed by atoms with van der Waals surface area (Å²) in [5.41, 5.74) is 0.744. The van der Waals surface area contributed by atoms with Gasteiger partial charge in [-0.2, -0.15) is 13.0 Å². The third kappa shape index (κ3) is 5.64. The summed E-state index contributed by atoms with van der Waals surface area (Å²) >= 11 is 10.8. The zero-order valence-electron chi connectivity index (χ0n) is 17.4. The molecule has 33 heavy (non-hydrogen) atoms. The van der Waals surface area contributed by atoms with E-state index in [0.29, 0.717) is 29.6 Å². The van der Waals surface area contributed by atoms with E-state index < -0.39 is 16.1 Å². The summed E-state index contributed by atoms with van der Waals surface area (Å²) in [7, 11) is -4.02. The highest BCUT2D eigenvalue weighted by Gasteiger charge is 2.30. The van der Waals surface area contributed by atoms with Crippen molar-refractivity contribution in [3.8, 4) is 5.75 Å². The van der Waals surface area contributed by atoms with E-state index in [1.165, 1.54) is 11.3 Å². The number of aliphatic carboxylic acids is 1. The first kappa shape index (κ1) is 24.3. The summed E-state index contributed by atoms with van der Waals surface area (Å²) in [6.45, 7) is 0.255. The quantitative estimate of drug-likeness (QED) is 0.173. The number of thiophene rings is 1. The van der Waals surface area contributed by atoms with Crippen molar-refractivity contribution < 1.29 is 32.2 Å². The number of hydrogen-bond acceptors (Lipinski definition) is 8. The van der Waals surface area contributed by atoms with Crippen LogP contribution in [-0.4, -0.2) is 42.6 Å². The van der Waals surface area contributed by atoms with Gasteiger partial charge in [0.25, 0.3) is 20.0 Å². The molecule has 0 amide bonds. The van der Waals surface area contributed by atoms with E-state index in [4.69, 9.17) is 20.9 Å². The van der Waals surface area contributed by atoms with Crippen LogP contribution in [-0.2, 0) is 21.5 Å². The number of carboxylic acids is 1. The molecule has 0 aliphatic carbocycles. The van der Waals surface area contributed by atoms with Gasteiger partial charge in [0.2, 0.25) is 12.4 Å². The van der Waals surface area contributed by atoms with Crippen LogP contribution in [0, 0.1) is 0 Å². The van der Waals surface area contributed by atoms with Crippen LogP contribution in [0.15, 0.2) is 34.4 Å². The maximum atomic E-state index is 11.5. The average Bonchev–Trinajstić information content (AvgIpc) is 3.37. The van der Waals surface area contributed by atoms with Crippen LogP contribution in [0.4, 0.5) is 5.69 Å². The highest BCUT2D eigenvalue weighted by molar-refractivity contribution is 8.00. The van der Waals surface area contributed by atoms with E-state index in [2.05, 4.69) is 0 Å². The number of carboxylic acid groups (broad SMARTS) is 1. The van der Waals surface area contributed by atoms with Crippen LogP contribution in [0.1, 0.15) is 17.8 Å². The van der Waals surface area contributed by atoms with Gasteiger partial charge in [-0.15, -0.1) is 11.8 Å². The molecule has 0 radical (unpaired) electrons. The van der Waals surface area contributed by atoms with Crippen LogP contribution in [0.25, 0.3) is 15.6 Å². The van der Waals surface area contributed by atoms with Crippen molar-refractivity contribution in [3.63, 3.8) is 0 Å². The van der Waals surface area contributed by atoms with E-state index in [9.17, 15) is 18.3 Å². The number of thioether (sulfide) groups is 1. The van der Waals surface area contributed by atoms with Gasteiger partial charge in [-0.1, -0.05) is 34.3 Å². The zero-order chi connectivity index (χ0) is 23.8. The number of ether oxygens (including phenoxy) is 1. The molecule has 4 rings (SSSR count). The summed E-state index contributed by atoms with van der Waals surface area (Å²) in [4.78, 5) is 14.3. The molecule has 0 spiro atoms. The molecule has 1 aromatic carbocycles. The van der Waals surface area contributed by atoms with Gasteiger partial charge in [0.05, 0.1) is 21.7 Å². The van der Waals surface area contributed by atoms with Crippen molar-refractivity contribution in [2.24, 2.45) is 0 Å². The van der Waals surface area contributed by atoms with Crippen LogP contribution in [0.2, 0.25) is 5.02 Å². The van der Waals surface area contributed by atoms with Gasteiger partial charge in [0.1, 0.15) is 4.70 Å². The van der Waals surface area contributed by atoms with Gasteiger partial charge in [-0.3, -0.25) is 4.55 Å². The van der Waals surface area contributed by atoms with Crippen LogP contribution in [0.5, 0.6) is 5.75 Å². The Morgan fingerprint density at radius 1 is 1.30 bits per heavy atom. The van der Waals surface area contributed by atoms with Crippen molar-refractivity contribution in [2.75, 3.05) is 23.5 Å². The van der Waals surface area contributed by atoms with E-state index in [0.717, 1.165) is 24.4 Å². The highest BCUT2D eigenvalue weighted by atomic mass is 35.5. The minimum Gasteiger partial charge on any atom is -0.477 e. The molecule has 0 fully saturated rings. The number of fused-ring (bicyclic) bond motifs is 2. The summed E-state index contributed by atoms with van der Waals surface area (Å²) < 4.78 is 41.0. The molecule has 1 aliphatic heterocycles. The Kier molecular flexibility index (Phi) is 7.22. The molecular weight excluding hydrogens is 528 g/mol. The van der Waals surface area contributed by atoms with Gasteiger partial charge >= 0.3 is 5.97 Å². The van der Waals surface area contributed by atoms with Crippen LogP contribution in [0.3, 0.4) is 0 Å². The predicted octanol–water partition coefficient (Wildman–Crippen LogP) is 4.58. The van der Waals surface area contributed by atoms with E-state index in [-0.39, 0.29) is 18.7 Å². The molecular formula is C20H20ClN2O6S4+. The monoisotopic (exact) mass is 547 g/mol. The first-order chi connectivity index (χ1) is 15.6. The average molecular weight is 548 g/mol. The van der Waals surface area contributed by atoms with E-state index in [1.807, 2.05) is 17.2 Å². The second kappa shape index (κ2) is 9.80. The number of aromatic nitrogens is 1. The second-order valence-corrected chi connectivity index (χ2v) is 12.4. The number of benzene rings is 1. The third-order valence-electron chi connectivity index (χ3n) is 4.85. The van der Waals surface area contributed by atoms with Gasteiger partial charge in [0, 0.05) is 11.6 Å². The second-order valence-electron chi connectivity index (χ2n) is 7.20. The number of carbonyl (C=O) groups is 1. The molecule has 8 nitrogen and oxygen atoms in total. The molecule has 1 aliphatic rings. The van der Waals surface area contributed by atoms with E-state index in [1.54, 1.807) is 51.9 Å². The Bertz CT molecular complexity index is 1350. The molecule has 13 heteroatoms. The fraction of sp³-hybridized carbons (Fsp3) is 0.300. The van der Waals surface area contributed by atoms with Gasteiger partial charge in [-0.05, 0) is 43.4 Å². The lowest BCUT2D eigenvalue weighted by Crippen LogP contribution is -2.39. The molecule has 0 saturated carbocycles. The lowest BCUT2D eigenvalue weighted by molar-refractivity contribution is -0.655. The molecule has 0 unspecified atom stereocenters. The van der Waals surface area contributed by atoms with Crippen molar-refractivity contribution in [3.05, 3.63) is 40.2 Å². The molecule has 0 atom stereocenters. The fourth-order valence-electron chi connectivity index (χ4n) is 3.44. The molecule has 2 N–H and O–H groups in total. The van der Waals surface area contributed by atoms with Crippen LogP contribution >= 0.6 is 46.0 Å². The Labute approximate surface area is 207 Å². The zero-order valence-corrected chi connectivity index (χ0v) is 21.4. The maximum absolute atomic E-state index is 11.5. The molecule has 3 aromatic rings. The third-order valence-corrected chi connectivity index (χ3v) is 9.32. The van der Waals surface area contributed by atoms with Crippen molar-refractivity contribution in [2.45, 2.75) is 23.6 Å². The normalized spacial score (nSPS) is 14.8. The van der Waals surface area contributed by atoms with Crippen molar-refractivity contribution in [1.29, 1.82) is 0 Å². The lowest BCUT2D eigenvalue weighted by atomic mass is 10.2. The Hall–Kier alpha value is -1.83. The SMILES string of the molecule is CSc1cc2sc(C=C3Oc4ccc(Cl)cc4N3CCCCS(=O)(=O)O)[n+](CC(=O)O)c2s1. The standard InChI is InChI=1S/C20H19ClN2O6S4/c1-30-19-9-15-20(32-19)23(11-18(24)25)17(31-15)10-16-22(6-2-3-7-33(26,27)28)13-8-12(21)4-5-14(13)29-16/h4-5,8-10H,2-3,6-7,11H2,1H3,(H-,24,25,26,27,28)/p+1. The Morgan fingerprint density at radius 2 is 2.09 bits per heavy atom. The minimum absolute atomic E-state index is 0.180.